The van der Waals surface area contributed by atoms with Crippen molar-refractivity contribution < 1.29 is 14.3 Å². The Balaban J connectivity index is 1.74. The smallest absolute Gasteiger partial charge is 0.267 e. The van der Waals surface area contributed by atoms with Gasteiger partial charge in [0.25, 0.3) is 5.91 Å². The van der Waals surface area contributed by atoms with E-state index >= 15 is 0 Å². The second kappa shape index (κ2) is 9.75. The van der Waals surface area contributed by atoms with Crippen molar-refractivity contribution in [3.05, 3.63) is 94.9 Å². The van der Waals surface area contributed by atoms with Crippen LogP contribution in [-0.4, -0.2) is 30.2 Å². The quantitative estimate of drug-likeness (QED) is 0.433. The summed E-state index contributed by atoms with van der Waals surface area (Å²) in [4.78, 5) is 20.7. The van der Waals surface area contributed by atoms with Gasteiger partial charge in [0.05, 0.1) is 30.9 Å². The molecule has 0 bridgehead atoms. The number of amides is 1. The van der Waals surface area contributed by atoms with Crippen LogP contribution in [0.2, 0.25) is 0 Å². The molecule has 0 unspecified atom stereocenters. The zero-order chi connectivity index (χ0) is 22.5. The van der Waals surface area contributed by atoms with E-state index in [0.717, 1.165) is 16.8 Å². The summed E-state index contributed by atoms with van der Waals surface area (Å²) in [5, 5.41) is 0.657. The molecule has 1 atom stereocenters. The van der Waals surface area contributed by atoms with Crippen molar-refractivity contribution in [1.82, 2.24) is 4.90 Å². The van der Waals surface area contributed by atoms with Crippen LogP contribution >= 0.6 is 11.8 Å². The van der Waals surface area contributed by atoms with E-state index < -0.39 is 0 Å². The molecule has 0 radical (unpaired) electrons. The number of para-hydroxylation sites is 1. The zero-order valence-electron chi connectivity index (χ0n) is 18.2. The summed E-state index contributed by atoms with van der Waals surface area (Å²) in [6.45, 7) is 2.02. The highest BCUT2D eigenvalue weighted by molar-refractivity contribution is 8.18. The first-order chi connectivity index (χ1) is 15.6. The molecule has 3 aromatic rings. The van der Waals surface area contributed by atoms with Crippen LogP contribution in [-0.2, 0) is 4.79 Å². The molecule has 1 amide bonds. The van der Waals surface area contributed by atoms with Gasteiger partial charge in [0, 0.05) is 0 Å². The van der Waals surface area contributed by atoms with Crippen LogP contribution in [0.5, 0.6) is 11.5 Å². The van der Waals surface area contributed by atoms with Gasteiger partial charge in [-0.2, -0.15) is 0 Å². The first kappa shape index (κ1) is 21.7. The number of carbonyl (C=O) groups excluding carboxylic acids is 1. The number of benzene rings is 3. The summed E-state index contributed by atoms with van der Waals surface area (Å²) < 4.78 is 10.7. The Morgan fingerprint density at radius 2 is 1.56 bits per heavy atom. The van der Waals surface area contributed by atoms with Crippen molar-refractivity contribution in [2.45, 2.75) is 13.0 Å². The monoisotopic (exact) mass is 444 g/mol. The molecular formula is C26H24N2O3S. The zero-order valence-corrected chi connectivity index (χ0v) is 19.0. The third-order valence-electron chi connectivity index (χ3n) is 5.19. The predicted octanol–water partition coefficient (Wildman–Crippen LogP) is 6.07. The van der Waals surface area contributed by atoms with Gasteiger partial charge in [-0.05, 0) is 60.2 Å². The van der Waals surface area contributed by atoms with Crippen molar-refractivity contribution in [3.63, 3.8) is 0 Å². The summed E-state index contributed by atoms with van der Waals surface area (Å²) in [5.41, 5.74) is 2.71. The third-order valence-corrected chi connectivity index (χ3v) is 6.18. The normalized spacial score (nSPS) is 17.1. The van der Waals surface area contributed by atoms with Crippen LogP contribution < -0.4 is 9.47 Å². The van der Waals surface area contributed by atoms with Crippen molar-refractivity contribution in [1.29, 1.82) is 0 Å². The molecular weight excluding hydrogens is 420 g/mol. The highest BCUT2D eigenvalue weighted by atomic mass is 32.2. The Morgan fingerprint density at radius 3 is 2.22 bits per heavy atom. The molecule has 0 aliphatic carbocycles. The van der Waals surface area contributed by atoms with E-state index in [0.29, 0.717) is 21.6 Å². The van der Waals surface area contributed by atoms with Crippen LogP contribution in [0.1, 0.15) is 24.1 Å². The van der Waals surface area contributed by atoms with Crippen molar-refractivity contribution in [3.8, 4) is 11.5 Å². The van der Waals surface area contributed by atoms with Gasteiger partial charge >= 0.3 is 0 Å². The lowest BCUT2D eigenvalue weighted by atomic mass is 10.1. The van der Waals surface area contributed by atoms with Crippen LogP contribution in [0, 0.1) is 0 Å². The maximum Gasteiger partial charge on any atom is 0.267 e. The lowest BCUT2D eigenvalue weighted by Gasteiger charge is -2.24. The first-order valence-electron chi connectivity index (χ1n) is 10.2. The van der Waals surface area contributed by atoms with Gasteiger partial charge in [0.2, 0.25) is 0 Å². The molecule has 6 heteroatoms. The van der Waals surface area contributed by atoms with E-state index in [1.54, 1.807) is 19.1 Å². The Morgan fingerprint density at radius 1 is 0.906 bits per heavy atom. The third kappa shape index (κ3) is 4.55. The number of ether oxygens (including phenoxy) is 2. The Bertz CT molecular complexity index is 1160. The number of rotatable bonds is 6. The van der Waals surface area contributed by atoms with Gasteiger partial charge in [-0.25, -0.2) is 4.99 Å². The van der Waals surface area contributed by atoms with Crippen LogP contribution in [0.4, 0.5) is 5.69 Å². The van der Waals surface area contributed by atoms with Crippen molar-refractivity contribution in [2.24, 2.45) is 4.99 Å². The molecule has 1 aliphatic rings. The number of hydrogen-bond donors (Lipinski definition) is 0. The SMILES string of the molecule is COc1ccc(/C=C2/SC(=Nc3ccccc3)N([C@H](C)c3ccccc3)C2=O)cc1OC. The molecule has 162 valence electrons. The van der Waals surface area contributed by atoms with Crippen molar-refractivity contribution in [2.75, 3.05) is 14.2 Å². The summed E-state index contributed by atoms with van der Waals surface area (Å²) >= 11 is 1.38. The van der Waals surface area contributed by atoms with Crippen LogP contribution in [0.15, 0.2) is 88.8 Å². The molecule has 1 heterocycles. The summed E-state index contributed by atoms with van der Waals surface area (Å²) in [6.07, 6.45) is 1.87. The summed E-state index contributed by atoms with van der Waals surface area (Å²) in [5.74, 6) is 1.19. The van der Waals surface area contributed by atoms with Gasteiger partial charge < -0.3 is 9.47 Å². The van der Waals surface area contributed by atoms with E-state index in [-0.39, 0.29) is 11.9 Å². The fraction of sp³-hybridized carbons (Fsp3) is 0.154. The number of thioether (sulfide) groups is 1. The molecule has 0 spiro atoms. The minimum absolute atomic E-state index is 0.0733. The van der Waals surface area contributed by atoms with E-state index in [1.807, 2.05) is 91.9 Å². The van der Waals surface area contributed by atoms with Crippen LogP contribution in [0.25, 0.3) is 6.08 Å². The lowest BCUT2D eigenvalue weighted by Crippen LogP contribution is -2.32. The molecule has 0 N–H and O–H groups in total. The lowest BCUT2D eigenvalue weighted by molar-refractivity contribution is -0.123. The number of methoxy groups -OCH3 is 2. The second-order valence-corrected chi connectivity index (χ2v) is 8.23. The fourth-order valence-electron chi connectivity index (χ4n) is 3.49. The number of aliphatic imine (C=N–C) groups is 1. The largest absolute Gasteiger partial charge is 0.493 e. The highest BCUT2D eigenvalue weighted by Gasteiger charge is 2.37. The van der Waals surface area contributed by atoms with Crippen molar-refractivity contribution >= 4 is 34.6 Å². The second-order valence-electron chi connectivity index (χ2n) is 7.22. The summed E-state index contributed by atoms with van der Waals surface area (Å²) in [6, 6.07) is 25.1. The maximum atomic E-state index is 13.5. The van der Waals surface area contributed by atoms with Gasteiger partial charge in [0.15, 0.2) is 16.7 Å². The molecule has 1 aliphatic heterocycles. The minimum atomic E-state index is -0.157. The molecule has 0 aromatic heterocycles. The Kier molecular flexibility index (Phi) is 6.61. The maximum absolute atomic E-state index is 13.5. The summed E-state index contributed by atoms with van der Waals surface area (Å²) in [7, 11) is 3.19. The number of hydrogen-bond acceptors (Lipinski definition) is 5. The molecule has 5 nitrogen and oxygen atoms in total. The van der Waals surface area contributed by atoms with E-state index in [9.17, 15) is 4.79 Å². The van der Waals surface area contributed by atoms with E-state index in [4.69, 9.17) is 14.5 Å². The number of amidine groups is 1. The van der Waals surface area contributed by atoms with E-state index in [1.165, 1.54) is 11.8 Å². The Labute approximate surface area is 192 Å². The van der Waals surface area contributed by atoms with Gasteiger partial charge in [-0.15, -0.1) is 0 Å². The molecule has 3 aromatic carbocycles. The fourth-order valence-corrected chi connectivity index (χ4v) is 4.56. The molecule has 32 heavy (non-hydrogen) atoms. The minimum Gasteiger partial charge on any atom is -0.493 e. The molecule has 1 fully saturated rings. The topological polar surface area (TPSA) is 51.1 Å². The average Bonchev–Trinajstić information content (AvgIpc) is 3.13. The van der Waals surface area contributed by atoms with Gasteiger partial charge in [0.1, 0.15) is 0 Å². The standard InChI is InChI=1S/C26H24N2O3S/c1-18(20-10-6-4-7-11-20)28-25(29)24(32-26(28)27-21-12-8-5-9-13-21)17-19-14-15-22(30-2)23(16-19)31-3/h4-18H,1-3H3/b24-17+,27-26?/t18-/m1/s1. The number of carbonyl (C=O) groups is 1. The number of nitrogens with zero attached hydrogens (tertiary/aromatic N) is 2. The average molecular weight is 445 g/mol. The van der Waals surface area contributed by atoms with Crippen LogP contribution in [0.3, 0.4) is 0 Å². The first-order valence-corrected chi connectivity index (χ1v) is 11.1. The predicted molar refractivity (Wildman–Crippen MR) is 130 cm³/mol. The highest BCUT2D eigenvalue weighted by Crippen LogP contribution is 2.39. The molecule has 0 saturated carbocycles. The molecule has 4 rings (SSSR count). The van der Waals surface area contributed by atoms with E-state index in [2.05, 4.69) is 0 Å². The van der Waals surface area contributed by atoms with Gasteiger partial charge in [-0.1, -0.05) is 54.6 Å². The Hall–Kier alpha value is -3.51. The molecule has 1 saturated heterocycles. The van der Waals surface area contributed by atoms with Gasteiger partial charge in [-0.3, -0.25) is 9.69 Å².